The van der Waals surface area contributed by atoms with Gasteiger partial charge in [-0.15, -0.1) is 0 Å². The molecule has 3 saturated heterocycles. The number of methoxy groups -OCH3 is 1. The molecule has 0 aliphatic carbocycles. The van der Waals surface area contributed by atoms with Gasteiger partial charge in [0.2, 0.25) is 0 Å². The minimum atomic E-state index is -0.530. The highest BCUT2D eigenvalue weighted by Gasteiger charge is 2.35. The Labute approximate surface area is 234 Å². The number of rotatable bonds is 5. The molecule has 9 nitrogen and oxygen atoms in total. The number of anilines is 2. The van der Waals surface area contributed by atoms with Crippen molar-refractivity contribution in [2.24, 2.45) is 5.92 Å². The minimum Gasteiger partial charge on any atom is -0.465 e. The van der Waals surface area contributed by atoms with E-state index in [2.05, 4.69) is 20.2 Å². The summed E-state index contributed by atoms with van der Waals surface area (Å²) in [6.07, 6.45) is 2.10. The van der Waals surface area contributed by atoms with Crippen LogP contribution in [0, 0.1) is 11.7 Å². The number of aromatic nitrogens is 3. The van der Waals surface area contributed by atoms with Gasteiger partial charge in [0.25, 0.3) is 5.56 Å². The van der Waals surface area contributed by atoms with Gasteiger partial charge in [0.15, 0.2) is 0 Å². The number of halogens is 1. The molecule has 2 bridgehead atoms. The maximum Gasteiger partial charge on any atom is 0.337 e. The van der Waals surface area contributed by atoms with Gasteiger partial charge in [0, 0.05) is 29.4 Å². The monoisotopic (exact) mass is 552 g/mol. The van der Waals surface area contributed by atoms with E-state index in [1.807, 2.05) is 24.3 Å². The number of benzene rings is 3. The third-order valence-electron chi connectivity index (χ3n) is 8.49. The van der Waals surface area contributed by atoms with E-state index in [0.717, 1.165) is 38.0 Å². The lowest BCUT2D eigenvalue weighted by molar-refractivity contribution is 0.0601. The molecule has 0 spiro atoms. The number of nitrogens with one attached hydrogen (secondary N) is 3. The van der Waals surface area contributed by atoms with Gasteiger partial charge in [-0.25, -0.2) is 14.2 Å². The first-order chi connectivity index (χ1) is 19.9. The Morgan fingerprint density at radius 3 is 2.56 bits per heavy atom. The van der Waals surface area contributed by atoms with Crippen molar-refractivity contribution in [2.45, 2.75) is 18.9 Å². The number of hydrogen-bond donors (Lipinski definition) is 4. The van der Waals surface area contributed by atoms with Crippen LogP contribution >= 0.6 is 0 Å². The van der Waals surface area contributed by atoms with Crippen LogP contribution in [-0.2, 0) is 4.74 Å². The van der Waals surface area contributed by atoms with Crippen LogP contribution in [0.25, 0.3) is 44.5 Å². The van der Waals surface area contributed by atoms with Gasteiger partial charge in [-0.3, -0.25) is 4.79 Å². The normalized spacial score (nSPS) is 20.0. The van der Waals surface area contributed by atoms with Crippen molar-refractivity contribution in [3.8, 4) is 22.5 Å². The molecule has 5 aromatic rings. The van der Waals surface area contributed by atoms with Crippen molar-refractivity contribution in [3.63, 3.8) is 0 Å². The van der Waals surface area contributed by atoms with Crippen molar-refractivity contribution < 1.29 is 13.9 Å². The number of nitrogens with zero attached hydrogens (tertiary/aromatic N) is 2. The Kier molecular flexibility index (Phi) is 6.01. The molecule has 0 unspecified atom stereocenters. The van der Waals surface area contributed by atoms with E-state index in [9.17, 15) is 9.59 Å². The number of para-hydroxylation sites is 2. The van der Waals surface area contributed by atoms with Gasteiger partial charge in [-0.2, -0.15) is 0 Å². The molecule has 0 saturated carbocycles. The third kappa shape index (κ3) is 4.22. The second-order valence-electron chi connectivity index (χ2n) is 10.8. The maximum absolute atomic E-state index is 16.7. The van der Waals surface area contributed by atoms with Crippen LogP contribution in [0.4, 0.5) is 15.8 Å². The average molecular weight is 553 g/mol. The van der Waals surface area contributed by atoms with E-state index < -0.39 is 11.8 Å². The smallest absolute Gasteiger partial charge is 0.337 e. The van der Waals surface area contributed by atoms with Crippen molar-refractivity contribution in [1.82, 2.24) is 19.9 Å². The number of fused-ring (bicyclic) bond motifs is 5. The predicted octanol–water partition coefficient (Wildman–Crippen LogP) is 4.75. The summed E-state index contributed by atoms with van der Waals surface area (Å²) in [7, 11) is 1.29. The number of hydrogen-bond acceptors (Lipinski definition) is 7. The number of piperidine rings is 3. The summed E-state index contributed by atoms with van der Waals surface area (Å²) in [5.74, 6) is -0.271. The maximum atomic E-state index is 16.7. The van der Waals surface area contributed by atoms with Crippen LogP contribution in [0.1, 0.15) is 23.2 Å². The molecule has 208 valence electrons. The zero-order valence-electron chi connectivity index (χ0n) is 22.5. The first-order valence-corrected chi connectivity index (χ1v) is 13.7. The summed E-state index contributed by atoms with van der Waals surface area (Å²) in [4.78, 5) is 38.9. The summed E-state index contributed by atoms with van der Waals surface area (Å²) in [5, 5.41) is 3.87. The second-order valence-corrected chi connectivity index (χ2v) is 10.8. The summed E-state index contributed by atoms with van der Waals surface area (Å²) < 4.78 is 21.5. The van der Waals surface area contributed by atoms with Crippen molar-refractivity contribution in [2.75, 3.05) is 37.8 Å². The molecule has 3 fully saturated rings. The number of carbonyl (C=O) groups excluding carboxylic acids is 1. The third-order valence-corrected chi connectivity index (χ3v) is 8.49. The van der Waals surface area contributed by atoms with Crippen LogP contribution in [0.2, 0.25) is 0 Å². The quantitative estimate of drug-likeness (QED) is 0.183. The molecular formula is C31H29FN6O3. The lowest BCUT2D eigenvalue weighted by atomic mass is 9.83. The predicted molar refractivity (Wildman–Crippen MR) is 157 cm³/mol. The van der Waals surface area contributed by atoms with E-state index in [1.165, 1.54) is 13.2 Å². The number of pyridine rings is 1. The first-order valence-electron chi connectivity index (χ1n) is 13.7. The number of carbonyl (C=O) groups is 1. The van der Waals surface area contributed by atoms with E-state index >= 15 is 4.39 Å². The number of imidazole rings is 1. The fourth-order valence-electron chi connectivity index (χ4n) is 6.36. The van der Waals surface area contributed by atoms with Gasteiger partial charge in [-0.1, -0.05) is 18.2 Å². The van der Waals surface area contributed by atoms with Crippen LogP contribution in [0.15, 0.2) is 59.4 Å². The largest absolute Gasteiger partial charge is 0.465 e. The lowest BCUT2D eigenvalue weighted by Crippen LogP contribution is -2.53. The number of nitrogens with two attached hydrogens (primary N) is 1. The SMILES string of the molecule is COC(=O)c1ccc(-c2ccc3[nH]c(=O)c(-c4nc5ccccc5[nH]4)c(N[C@H]4CN5CCC4CC5)c3c2F)c(N)c1. The summed E-state index contributed by atoms with van der Waals surface area (Å²) in [6, 6.07) is 15.5. The molecule has 41 heavy (non-hydrogen) atoms. The van der Waals surface area contributed by atoms with Crippen molar-refractivity contribution in [3.05, 3.63) is 76.3 Å². The molecule has 3 aliphatic rings. The van der Waals surface area contributed by atoms with E-state index in [1.54, 1.807) is 24.3 Å². The van der Waals surface area contributed by atoms with Crippen LogP contribution in [0.3, 0.4) is 0 Å². The lowest BCUT2D eigenvalue weighted by Gasteiger charge is -2.45. The molecule has 1 atom stereocenters. The Morgan fingerprint density at radius 2 is 1.85 bits per heavy atom. The summed E-state index contributed by atoms with van der Waals surface area (Å²) in [6.45, 7) is 2.92. The second kappa shape index (κ2) is 9.74. The van der Waals surface area contributed by atoms with Gasteiger partial charge >= 0.3 is 5.97 Å². The molecule has 0 amide bonds. The van der Waals surface area contributed by atoms with Gasteiger partial charge in [0.05, 0.1) is 40.3 Å². The first kappa shape index (κ1) is 25.3. The Balaban J connectivity index is 1.45. The Morgan fingerprint density at radius 1 is 1.07 bits per heavy atom. The minimum absolute atomic E-state index is 0.0538. The average Bonchev–Trinajstić information content (AvgIpc) is 3.41. The molecule has 10 heteroatoms. The molecule has 2 aromatic heterocycles. The highest BCUT2D eigenvalue weighted by atomic mass is 19.1. The van der Waals surface area contributed by atoms with E-state index in [0.29, 0.717) is 34.0 Å². The van der Waals surface area contributed by atoms with Crippen LogP contribution in [0.5, 0.6) is 0 Å². The molecule has 8 rings (SSSR count). The zero-order valence-corrected chi connectivity index (χ0v) is 22.5. The van der Waals surface area contributed by atoms with Gasteiger partial charge in [-0.05, 0) is 68.2 Å². The summed E-state index contributed by atoms with van der Waals surface area (Å²) >= 11 is 0. The fraction of sp³-hybridized carbons (Fsp3) is 0.258. The Hall–Kier alpha value is -4.70. The van der Waals surface area contributed by atoms with E-state index in [-0.39, 0.29) is 39.4 Å². The standard InChI is InChI=1S/C31H29FN6O3/c1-41-31(40)17-6-7-18(20(33)14-17)19-8-9-23-25(27(19)32)28(34-24-15-38-12-10-16(24)11-13-38)26(30(39)37-23)29-35-21-4-2-3-5-22(21)36-29/h2-9,14,16,24H,10-13,15,33H2,1H3,(H,35,36)(H2,34,37,39)/t24-/m0/s1. The molecular weight excluding hydrogens is 523 g/mol. The van der Waals surface area contributed by atoms with Crippen LogP contribution in [-0.4, -0.2) is 58.6 Å². The molecule has 3 aliphatic heterocycles. The van der Waals surface area contributed by atoms with Crippen molar-refractivity contribution in [1.29, 1.82) is 0 Å². The topological polar surface area (TPSA) is 129 Å². The van der Waals surface area contributed by atoms with Crippen molar-refractivity contribution >= 4 is 39.3 Å². The van der Waals surface area contributed by atoms with Crippen LogP contribution < -0.4 is 16.6 Å². The number of H-pyrrole nitrogens is 2. The number of nitrogen functional groups attached to an aromatic ring is 1. The number of esters is 1. The fourth-order valence-corrected chi connectivity index (χ4v) is 6.36. The number of ether oxygens (including phenoxy) is 1. The molecule has 3 aromatic carbocycles. The van der Waals surface area contributed by atoms with E-state index in [4.69, 9.17) is 15.5 Å². The van der Waals surface area contributed by atoms with Gasteiger partial charge in [0.1, 0.15) is 17.2 Å². The molecule has 5 heterocycles. The highest BCUT2D eigenvalue weighted by molar-refractivity contribution is 6.02. The summed E-state index contributed by atoms with van der Waals surface area (Å²) in [5.41, 5.74) is 9.66. The Bertz CT molecular complexity index is 1860. The molecule has 5 N–H and O–H groups in total. The zero-order chi connectivity index (χ0) is 28.2. The molecule has 0 radical (unpaired) electrons. The number of aromatic amines is 2. The highest BCUT2D eigenvalue weighted by Crippen LogP contribution is 2.40. The van der Waals surface area contributed by atoms with Gasteiger partial charge < -0.3 is 30.7 Å².